The third-order valence-corrected chi connectivity index (χ3v) is 9.48. The fraction of sp³-hybridized carbons (Fsp3) is 0.353. The number of thiazole rings is 1. The van der Waals surface area contributed by atoms with Gasteiger partial charge in [-0.3, -0.25) is 9.98 Å². The first-order valence-electron chi connectivity index (χ1n) is 16.0. The number of aryl methyl sites for hydroxylation is 1. The quantitative estimate of drug-likeness (QED) is 0.0696. The molecule has 4 atom stereocenters. The monoisotopic (exact) mass is 691 g/mol. The van der Waals surface area contributed by atoms with E-state index in [0.29, 0.717) is 40.9 Å². The maximum atomic E-state index is 15.2. The van der Waals surface area contributed by atoms with Gasteiger partial charge in [0.15, 0.2) is 16.9 Å². The van der Waals surface area contributed by atoms with E-state index in [4.69, 9.17) is 33.2 Å². The van der Waals surface area contributed by atoms with Crippen LogP contribution in [0.1, 0.15) is 56.3 Å². The first-order chi connectivity index (χ1) is 23.1. The van der Waals surface area contributed by atoms with Gasteiger partial charge in [-0.1, -0.05) is 23.7 Å². The minimum Gasteiger partial charge on any atom is -0.370 e. The van der Waals surface area contributed by atoms with Crippen LogP contribution >= 0.6 is 22.9 Å². The van der Waals surface area contributed by atoms with Gasteiger partial charge in [0.1, 0.15) is 5.65 Å². The number of aromatic amines is 1. The Morgan fingerprint density at radius 2 is 2.08 bits per heavy atom. The Bertz CT molecular complexity index is 1930. The first kappa shape index (κ1) is 33.6. The zero-order chi connectivity index (χ0) is 33.8. The van der Waals surface area contributed by atoms with Crippen molar-refractivity contribution in [2.45, 2.75) is 69.7 Å². The molecule has 5 aromatic rings. The van der Waals surface area contributed by atoms with Crippen molar-refractivity contribution in [3.05, 3.63) is 92.7 Å². The van der Waals surface area contributed by atoms with Crippen molar-refractivity contribution in [1.29, 1.82) is 5.41 Å². The van der Waals surface area contributed by atoms with Crippen molar-refractivity contribution >= 4 is 45.1 Å². The lowest BCUT2D eigenvalue weighted by atomic mass is 9.93. The number of hydrogen-bond acceptors (Lipinski definition) is 8. The number of guanidine groups is 1. The lowest BCUT2D eigenvalue weighted by molar-refractivity contribution is -0.0582. The third-order valence-electron chi connectivity index (χ3n) is 8.50. The maximum Gasteiger partial charge on any atom is 0.354 e. The fourth-order valence-corrected chi connectivity index (χ4v) is 7.01. The van der Waals surface area contributed by atoms with Crippen LogP contribution in [0.2, 0.25) is 5.02 Å². The number of aromatic nitrogens is 4. The van der Waals surface area contributed by atoms with E-state index in [1.54, 1.807) is 41.9 Å². The van der Waals surface area contributed by atoms with Crippen LogP contribution in [0.25, 0.3) is 28.0 Å². The van der Waals surface area contributed by atoms with E-state index in [1.165, 1.54) is 4.57 Å². The molecule has 252 valence electrons. The van der Waals surface area contributed by atoms with Gasteiger partial charge in [0.25, 0.3) is 0 Å². The number of nitrogens with zero attached hydrogens (tertiary/aromatic N) is 3. The van der Waals surface area contributed by atoms with Crippen molar-refractivity contribution in [3.8, 4) is 16.9 Å². The van der Waals surface area contributed by atoms with Crippen LogP contribution in [0.3, 0.4) is 0 Å². The second-order valence-corrected chi connectivity index (χ2v) is 13.6. The van der Waals surface area contributed by atoms with E-state index in [-0.39, 0.29) is 35.3 Å². The van der Waals surface area contributed by atoms with Gasteiger partial charge in [-0.2, -0.15) is 4.98 Å². The Balaban J connectivity index is 1.22. The molecule has 0 radical (unpaired) electrons. The number of halogens is 2. The molecule has 1 saturated heterocycles. The summed E-state index contributed by atoms with van der Waals surface area (Å²) in [5.41, 5.74) is 14.6. The number of rotatable bonds is 12. The highest BCUT2D eigenvalue weighted by Crippen LogP contribution is 2.35. The second-order valence-electron chi connectivity index (χ2n) is 12.3. The highest BCUT2D eigenvalue weighted by Gasteiger charge is 2.31. The lowest BCUT2D eigenvalue weighted by Gasteiger charge is -2.36. The Morgan fingerprint density at radius 3 is 2.81 bits per heavy atom. The largest absolute Gasteiger partial charge is 0.370 e. The zero-order valence-corrected chi connectivity index (χ0v) is 28.1. The van der Waals surface area contributed by atoms with E-state index in [2.05, 4.69) is 25.6 Å². The minimum absolute atomic E-state index is 0.0425. The smallest absolute Gasteiger partial charge is 0.354 e. The minimum atomic E-state index is -0.531. The predicted molar refractivity (Wildman–Crippen MR) is 190 cm³/mol. The highest BCUT2D eigenvalue weighted by atomic mass is 35.5. The predicted octanol–water partition coefficient (Wildman–Crippen LogP) is 5.87. The van der Waals surface area contributed by atoms with E-state index in [0.717, 1.165) is 48.4 Å². The molecule has 0 amide bonds. The van der Waals surface area contributed by atoms with Crippen LogP contribution in [0.4, 0.5) is 9.52 Å². The topological polar surface area (TPSA) is 173 Å². The van der Waals surface area contributed by atoms with E-state index in [9.17, 15) is 4.79 Å². The average molecular weight is 692 g/mol. The number of hydrogen-bond donors (Lipinski definition) is 6. The van der Waals surface area contributed by atoms with Gasteiger partial charge in [0.2, 0.25) is 0 Å². The van der Waals surface area contributed by atoms with Crippen molar-refractivity contribution in [3.63, 3.8) is 0 Å². The third kappa shape index (κ3) is 8.04. The standard InChI is InChI=1S/C34H39ClFN9O2S/c1-19(37)3-2-4-20-13-26(30(36)27(35)14-20)28-15-22-18-45(34(46)44-31(22)43-28)24-7-5-21(6-8-24)29-17-23(42-33-41-11-12-48-33)16-25(47-29)9-10-40-32(38)39/h5-8,11-15,18-19,23,25,29H,2-4,9-10,16-17,37H2,1H3,(H,41,42)(H4,38,39,40)(H,43,44,46)/t19-,23+,25+,29-/m0/s1. The number of nitrogens with two attached hydrogens (primary N) is 2. The molecule has 1 aliphatic heterocycles. The summed E-state index contributed by atoms with van der Waals surface area (Å²) in [5, 5.41) is 17.3. The molecule has 1 aliphatic rings. The first-order valence-corrected chi connectivity index (χ1v) is 17.2. The number of H-pyrrole nitrogens is 1. The molecule has 11 nitrogen and oxygen atoms in total. The van der Waals surface area contributed by atoms with Crippen molar-refractivity contribution in [2.24, 2.45) is 11.5 Å². The molecule has 3 aromatic heterocycles. The number of anilines is 1. The van der Waals surface area contributed by atoms with Gasteiger partial charge in [0.05, 0.1) is 28.6 Å². The lowest BCUT2D eigenvalue weighted by Crippen LogP contribution is -2.39. The molecule has 0 spiro atoms. The second kappa shape index (κ2) is 14.9. The van der Waals surface area contributed by atoms with Crippen LogP contribution in [0, 0.1) is 11.2 Å². The van der Waals surface area contributed by atoms with Gasteiger partial charge in [-0.05, 0) is 86.9 Å². The van der Waals surface area contributed by atoms with E-state index in [1.807, 2.05) is 36.6 Å². The Kier molecular flexibility index (Phi) is 10.4. The molecule has 8 N–H and O–H groups in total. The normalized spacial score (nSPS) is 18.5. The molecule has 4 heterocycles. The van der Waals surface area contributed by atoms with Crippen LogP contribution in [0.5, 0.6) is 0 Å². The average Bonchev–Trinajstić information content (AvgIpc) is 3.71. The number of ether oxygens (including phenoxy) is 1. The molecular weight excluding hydrogens is 653 g/mol. The zero-order valence-electron chi connectivity index (χ0n) is 26.5. The molecule has 1 fully saturated rings. The number of benzene rings is 2. The Hall–Kier alpha value is -4.30. The molecule has 0 saturated carbocycles. The summed E-state index contributed by atoms with van der Waals surface area (Å²) in [4.78, 5) is 24.9. The summed E-state index contributed by atoms with van der Waals surface area (Å²) in [6.07, 6.45) is 7.90. The van der Waals surface area contributed by atoms with Crippen LogP contribution < -0.4 is 27.8 Å². The SMILES string of the molecule is C[C@H](N)CCCc1cc(Cl)c(F)c(-c2cc3cn(-c4ccc([C@@H]5C[C@H](Nc6nccs6)C[C@@H](CCNC(=N)N)O5)cc4)c(=O)nc3[nH]2)c1. The number of nitrogens with one attached hydrogen (secondary N) is 4. The van der Waals surface area contributed by atoms with Crippen LogP contribution in [-0.4, -0.2) is 50.2 Å². The fourth-order valence-electron chi connectivity index (χ4n) is 6.16. The van der Waals surface area contributed by atoms with Gasteiger partial charge in [0, 0.05) is 47.4 Å². The summed E-state index contributed by atoms with van der Waals surface area (Å²) >= 11 is 7.83. The van der Waals surface area contributed by atoms with E-state index >= 15 is 4.39 Å². The Labute approximate surface area is 286 Å². The summed E-state index contributed by atoms with van der Waals surface area (Å²) < 4.78 is 23.2. The van der Waals surface area contributed by atoms with Crippen molar-refractivity contribution in [2.75, 3.05) is 11.9 Å². The van der Waals surface area contributed by atoms with Crippen LogP contribution in [0.15, 0.2) is 65.0 Å². The number of fused-ring (bicyclic) bond motifs is 1. The summed E-state index contributed by atoms with van der Waals surface area (Å²) in [6, 6.07) is 13.1. The van der Waals surface area contributed by atoms with Gasteiger partial charge in [-0.25, -0.2) is 14.2 Å². The molecule has 48 heavy (non-hydrogen) atoms. The molecule has 2 aromatic carbocycles. The van der Waals surface area contributed by atoms with Crippen molar-refractivity contribution < 1.29 is 9.13 Å². The van der Waals surface area contributed by atoms with Gasteiger partial charge >= 0.3 is 5.69 Å². The Morgan fingerprint density at radius 1 is 1.27 bits per heavy atom. The molecule has 0 aliphatic carbocycles. The maximum absolute atomic E-state index is 15.2. The molecular formula is C34H39ClFN9O2S. The molecule has 0 bridgehead atoms. The summed E-state index contributed by atoms with van der Waals surface area (Å²) in [7, 11) is 0. The summed E-state index contributed by atoms with van der Waals surface area (Å²) in [5.74, 6) is -0.597. The van der Waals surface area contributed by atoms with Crippen molar-refractivity contribution in [1.82, 2.24) is 24.8 Å². The van der Waals surface area contributed by atoms with Gasteiger partial charge in [-0.15, -0.1) is 11.3 Å². The van der Waals surface area contributed by atoms with Crippen LogP contribution in [-0.2, 0) is 11.2 Å². The summed E-state index contributed by atoms with van der Waals surface area (Å²) in [6.45, 7) is 2.50. The van der Waals surface area contributed by atoms with E-state index < -0.39 is 11.5 Å². The molecule has 0 unspecified atom stereocenters. The van der Waals surface area contributed by atoms with Gasteiger partial charge < -0.3 is 31.8 Å². The molecule has 6 rings (SSSR count). The highest BCUT2D eigenvalue weighted by molar-refractivity contribution is 7.13. The molecule has 14 heteroatoms.